The predicted molar refractivity (Wildman–Crippen MR) is 101 cm³/mol. The smallest absolute Gasteiger partial charge is 0.338 e. The summed E-state index contributed by atoms with van der Waals surface area (Å²) in [6, 6.07) is 10.8. The number of carbonyl (C=O) groups excluding carboxylic acids is 3. The first-order chi connectivity index (χ1) is 12.3. The third-order valence-corrected chi connectivity index (χ3v) is 4.02. The molecule has 2 aromatic carbocycles. The van der Waals surface area contributed by atoms with Crippen molar-refractivity contribution in [2.75, 3.05) is 10.6 Å². The number of ether oxygens (including phenoxy) is 1. The van der Waals surface area contributed by atoms with Crippen LogP contribution in [0.1, 0.15) is 24.2 Å². The van der Waals surface area contributed by atoms with Gasteiger partial charge < -0.3 is 15.4 Å². The van der Waals surface area contributed by atoms with Gasteiger partial charge in [0.1, 0.15) is 0 Å². The lowest BCUT2D eigenvalue weighted by atomic mass is 10.2. The number of benzene rings is 2. The second kappa shape index (κ2) is 8.69. The highest BCUT2D eigenvalue weighted by atomic mass is 35.5. The average Bonchev–Trinajstić information content (AvgIpc) is 2.58. The number of esters is 1. The van der Waals surface area contributed by atoms with E-state index in [4.69, 9.17) is 27.9 Å². The third-order valence-electron chi connectivity index (χ3n) is 3.28. The lowest BCUT2D eigenvalue weighted by molar-refractivity contribution is -0.123. The molecule has 6 nitrogen and oxygen atoms in total. The zero-order chi connectivity index (χ0) is 19.3. The van der Waals surface area contributed by atoms with Crippen LogP contribution in [0.25, 0.3) is 0 Å². The van der Waals surface area contributed by atoms with Crippen LogP contribution in [-0.2, 0) is 14.3 Å². The SMILES string of the molecule is CC(=O)Nc1ccc(NC(=O)[C@@H](C)OC(=O)c2ccc(Cl)c(Cl)c2)cc1. The van der Waals surface area contributed by atoms with Crippen molar-refractivity contribution in [1.82, 2.24) is 0 Å². The minimum absolute atomic E-state index is 0.190. The molecule has 0 radical (unpaired) electrons. The largest absolute Gasteiger partial charge is 0.449 e. The minimum Gasteiger partial charge on any atom is -0.449 e. The molecule has 0 heterocycles. The molecule has 0 aromatic heterocycles. The molecular weight excluding hydrogens is 379 g/mol. The van der Waals surface area contributed by atoms with Crippen molar-refractivity contribution in [2.24, 2.45) is 0 Å². The van der Waals surface area contributed by atoms with Crippen LogP contribution >= 0.6 is 23.2 Å². The molecule has 8 heteroatoms. The van der Waals surface area contributed by atoms with Crippen LogP contribution in [-0.4, -0.2) is 23.9 Å². The Balaban J connectivity index is 1.95. The van der Waals surface area contributed by atoms with E-state index in [1.165, 1.54) is 32.0 Å². The van der Waals surface area contributed by atoms with E-state index in [2.05, 4.69) is 10.6 Å². The lowest BCUT2D eigenvalue weighted by Gasteiger charge is -2.14. The first-order valence-corrected chi connectivity index (χ1v) is 8.36. The van der Waals surface area contributed by atoms with Gasteiger partial charge in [-0.2, -0.15) is 0 Å². The number of halogens is 2. The van der Waals surface area contributed by atoms with Crippen molar-refractivity contribution in [3.05, 3.63) is 58.1 Å². The van der Waals surface area contributed by atoms with Crippen molar-refractivity contribution in [3.63, 3.8) is 0 Å². The van der Waals surface area contributed by atoms with E-state index in [9.17, 15) is 14.4 Å². The number of amides is 2. The highest BCUT2D eigenvalue weighted by Crippen LogP contribution is 2.23. The Hall–Kier alpha value is -2.57. The minimum atomic E-state index is -1.02. The van der Waals surface area contributed by atoms with Crippen LogP contribution in [0.2, 0.25) is 10.0 Å². The molecular formula is C18H16Cl2N2O4. The van der Waals surface area contributed by atoms with Gasteiger partial charge in [0.05, 0.1) is 15.6 Å². The van der Waals surface area contributed by atoms with Gasteiger partial charge in [-0.3, -0.25) is 9.59 Å². The van der Waals surface area contributed by atoms with Gasteiger partial charge in [-0.15, -0.1) is 0 Å². The second-order valence-corrected chi connectivity index (χ2v) is 6.24. The molecule has 0 saturated carbocycles. The molecule has 2 amide bonds. The number of hydrogen-bond acceptors (Lipinski definition) is 4. The zero-order valence-corrected chi connectivity index (χ0v) is 15.5. The Labute approximate surface area is 160 Å². The van der Waals surface area contributed by atoms with Crippen LogP contribution < -0.4 is 10.6 Å². The van der Waals surface area contributed by atoms with Gasteiger partial charge in [0, 0.05) is 18.3 Å². The van der Waals surface area contributed by atoms with E-state index in [1.54, 1.807) is 24.3 Å². The number of rotatable bonds is 5. The van der Waals surface area contributed by atoms with Gasteiger partial charge in [-0.25, -0.2) is 4.79 Å². The second-order valence-electron chi connectivity index (χ2n) is 5.42. The van der Waals surface area contributed by atoms with Gasteiger partial charge in [0.15, 0.2) is 6.10 Å². The van der Waals surface area contributed by atoms with Gasteiger partial charge in [0.25, 0.3) is 5.91 Å². The summed E-state index contributed by atoms with van der Waals surface area (Å²) < 4.78 is 5.13. The van der Waals surface area contributed by atoms with E-state index < -0.39 is 18.0 Å². The summed E-state index contributed by atoms with van der Waals surface area (Å²) in [5.41, 5.74) is 1.30. The molecule has 0 fully saturated rings. The van der Waals surface area contributed by atoms with Crippen molar-refractivity contribution in [3.8, 4) is 0 Å². The topological polar surface area (TPSA) is 84.5 Å². The van der Waals surface area contributed by atoms with Gasteiger partial charge in [-0.1, -0.05) is 23.2 Å². The molecule has 2 N–H and O–H groups in total. The molecule has 0 bridgehead atoms. The first kappa shape index (κ1) is 19.8. The van der Waals surface area contributed by atoms with E-state index in [-0.39, 0.29) is 16.5 Å². The Kier molecular flexibility index (Phi) is 6.60. The number of anilines is 2. The van der Waals surface area contributed by atoms with Gasteiger partial charge >= 0.3 is 5.97 Å². The Bertz CT molecular complexity index is 838. The van der Waals surface area contributed by atoms with E-state index in [1.807, 2.05) is 0 Å². The summed E-state index contributed by atoms with van der Waals surface area (Å²) in [4.78, 5) is 35.2. The third kappa shape index (κ3) is 5.47. The fourth-order valence-corrected chi connectivity index (χ4v) is 2.29. The maximum atomic E-state index is 12.2. The fourth-order valence-electron chi connectivity index (χ4n) is 1.99. The summed E-state index contributed by atoms with van der Waals surface area (Å²) >= 11 is 11.7. The highest BCUT2D eigenvalue weighted by Gasteiger charge is 2.19. The number of nitrogens with one attached hydrogen (secondary N) is 2. The van der Waals surface area contributed by atoms with Crippen LogP contribution in [0.3, 0.4) is 0 Å². The standard InChI is InChI=1S/C18H16Cl2N2O4/c1-10(26-18(25)12-3-8-15(19)16(20)9-12)17(24)22-14-6-4-13(5-7-14)21-11(2)23/h3-10H,1-2H3,(H,21,23)(H,22,24)/t10-/m1/s1. The molecule has 26 heavy (non-hydrogen) atoms. The summed E-state index contributed by atoms with van der Waals surface area (Å²) in [5.74, 6) is -1.37. The molecule has 0 spiro atoms. The number of carbonyl (C=O) groups is 3. The quantitative estimate of drug-likeness (QED) is 0.746. The van der Waals surface area contributed by atoms with Crippen LogP contribution in [0.15, 0.2) is 42.5 Å². The Morgan fingerprint density at radius 1 is 0.923 bits per heavy atom. The number of hydrogen-bond donors (Lipinski definition) is 2. The predicted octanol–water partition coefficient (Wildman–Crippen LogP) is 4.14. The molecule has 2 aromatic rings. The first-order valence-electron chi connectivity index (χ1n) is 7.61. The zero-order valence-electron chi connectivity index (χ0n) is 14.0. The van der Waals surface area contributed by atoms with Crippen LogP contribution in [0, 0.1) is 0 Å². The summed E-state index contributed by atoms with van der Waals surface area (Å²) in [6.07, 6.45) is -1.02. The summed E-state index contributed by atoms with van der Waals surface area (Å²) in [7, 11) is 0. The van der Waals surface area contributed by atoms with Gasteiger partial charge in [0.2, 0.25) is 5.91 Å². The fraction of sp³-hybridized carbons (Fsp3) is 0.167. The Morgan fingerprint density at radius 2 is 1.50 bits per heavy atom. The van der Waals surface area contributed by atoms with E-state index in [0.717, 1.165) is 0 Å². The van der Waals surface area contributed by atoms with Crippen molar-refractivity contribution in [2.45, 2.75) is 20.0 Å². The van der Waals surface area contributed by atoms with E-state index >= 15 is 0 Å². The molecule has 2 rings (SSSR count). The summed E-state index contributed by atoms with van der Waals surface area (Å²) in [6.45, 7) is 2.86. The van der Waals surface area contributed by atoms with Gasteiger partial charge in [-0.05, 0) is 49.4 Å². The van der Waals surface area contributed by atoms with Crippen LogP contribution in [0.5, 0.6) is 0 Å². The van der Waals surface area contributed by atoms with Crippen LogP contribution in [0.4, 0.5) is 11.4 Å². The molecule has 0 unspecified atom stereocenters. The monoisotopic (exact) mass is 394 g/mol. The normalized spacial score (nSPS) is 11.4. The maximum Gasteiger partial charge on any atom is 0.338 e. The van der Waals surface area contributed by atoms with Crippen molar-refractivity contribution >= 4 is 52.4 Å². The molecule has 1 atom stereocenters. The molecule has 0 saturated heterocycles. The molecule has 0 aliphatic heterocycles. The lowest BCUT2D eigenvalue weighted by Crippen LogP contribution is -2.30. The molecule has 136 valence electrons. The van der Waals surface area contributed by atoms with Crippen molar-refractivity contribution in [1.29, 1.82) is 0 Å². The Morgan fingerprint density at radius 3 is 2.04 bits per heavy atom. The average molecular weight is 395 g/mol. The highest BCUT2D eigenvalue weighted by molar-refractivity contribution is 6.42. The summed E-state index contributed by atoms with van der Waals surface area (Å²) in [5, 5.41) is 5.78. The molecule has 0 aliphatic carbocycles. The van der Waals surface area contributed by atoms with E-state index in [0.29, 0.717) is 16.4 Å². The molecule has 0 aliphatic rings. The maximum absolute atomic E-state index is 12.2. The van der Waals surface area contributed by atoms with Crippen molar-refractivity contribution < 1.29 is 19.1 Å².